The Labute approximate surface area is 166 Å². The van der Waals surface area contributed by atoms with Gasteiger partial charge in [0.25, 0.3) is 0 Å². The minimum atomic E-state index is -3.57. The molecule has 0 atom stereocenters. The molecule has 0 radical (unpaired) electrons. The van der Waals surface area contributed by atoms with Gasteiger partial charge in [-0.1, -0.05) is 0 Å². The summed E-state index contributed by atoms with van der Waals surface area (Å²) in [4.78, 5) is 2.50. The molecule has 9 heteroatoms. The number of piperazine rings is 1. The van der Waals surface area contributed by atoms with Crippen LogP contribution in [0.15, 0.2) is 23.1 Å². The average Bonchev–Trinajstić information content (AvgIpc) is 2.93. The van der Waals surface area contributed by atoms with Crippen LogP contribution in [0.4, 0.5) is 0 Å². The number of hydrogen-bond donors (Lipinski definition) is 0. The molecule has 0 saturated carbocycles. The lowest BCUT2D eigenvalue weighted by Gasteiger charge is -2.34. The quantitative estimate of drug-likeness (QED) is 0.722. The maximum atomic E-state index is 13.0. The van der Waals surface area contributed by atoms with Gasteiger partial charge in [0.2, 0.25) is 10.0 Å². The highest BCUT2D eigenvalue weighted by Gasteiger charge is 2.29. The number of benzene rings is 1. The molecule has 8 nitrogen and oxygen atoms in total. The van der Waals surface area contributed by atoms with Crippen molar-refractivity contribution in [2.24, 2.45) is 7.05 Å². The fourth-order valence-electron chi connectivity index (χ4n) is 3.52. The van der Waals surface area contributed by atoms with Gasteiger partial charge in [-0.3, -0.25) is 9.58 Å². The zero-order chi connectivity index (χ0) is 20.5. The Hall–Kier alpha value is -2.10. The smallest absolute Gasteiger partial charge is 0.243 e. The molecule has 0 spiro atoms. The van der Waals surface area contributed by atoms with Crippen molar-refractivity contribution in [2.45, 2.75) is 25.3 Å². The number of ether oxygens (including phenoxy) is 2. The van der Waals surface area contributed by atoms with E-state index in [4.69, 9.17) is 9.47 Å². The van der Waals surface area contributed by atoms with E-state index in [0.29, 0.717) is 37.7 Å². The van der Waals surface area contributed by atoms with E-state index in [0.717, 1.165) is 17.9 Å². The van der Waals surface area contributed by atoms with Crippen LogP contribution in [0, 0.1) is 13.8 Å². The molecule has 0 unspecified atom stereocenters. The number of rotatable bonds is 6. The van der Waals surface area contributed by atoms with E-state index in [9.17, 15) is 8.42 Å². The van der Waals surface area contributed by atoms with Crippen molar-refractivity contribution in [2.75, 3.05) is 40.4 Å². The van der Waals surface area contributed by atoms with Crippen molar-refractivity contribution in [3.63, 3.8) is 0 Å². The Balaban J connectivity index is 1.70. The maximum Gasteiger partial charge on any atom is 0.243 e. The van der Waals surface area contributed by atoms with Crippen LogP contribution in [0.1, 0.15) is 17.0 Å². The summed E-state index contributed by atoms with van der Waals surface area (Å²) in [7, 11) is 1.39. The Morgan fingerprint density at radius 3 is 2.21 bits per heavy atom. The highest BCUT2D eigenvalue weighted by atomic mass is 32.2. The largest absolute Gasteiger partial charge is 0.493 e. The van der Waals surface area contributed by atoms with Gasteiger partial charge < -0.3 is 9.47 Å². The first-order valence-corrected chi connectivity index (χ1v) is 10.7. The molecule has 1 saturated heterocycles. The van der Waals surface area contributed by atoms with Crippen molar-refractivity contribution >= 4 is 10.0 Å². The normalized spacial score (nSPS) is 16.3. The van der Waals surface area contributed by atoms with Gasteiger partial charge >= 0.3 is 0 Å². The molecule has 154 valence electrons. The second-order valence-corrected chi connectivity index (χ2v) is 8.91. The Morgan fingerprint density at radius 1 is 1.04 bits per heavy atom. The lowest BCUT2D eigenvalue weighted by molar-refractivity contribution is 0.181. The van der Waals surface area contributed by atoms with Crippen LogP contribution in [0.5, 0.6) is 11.5 Å². The SMILES string of the molecule is COc1ccc(S(=O)(=O)N2CCN(Cc3c(C)nn(C)c3C)CC2)cc1OC. The highest BCUT2D eigenvalue weighted by Crippen LogP contribution is 2.31. The number of aryl methyl sites for hydroxylation is 2. The molecule has 0 amide bonds. The van der Waals surface area contributed by atoms with E-state index >= 15 is 0 Å². The van der Waals surface area contributed by atoms with Gasteiger partial charge in [0.05, 0.1) is 24.8 Å². The fourth-order valence-corrected chi connectivity index (χ4v) is 4.96. The number of nitrogens with zero attached hydrogens (tertiary/aromatic N) is 4. The minimum Gasteiger partial charge on any atom is -0.493 e. The molecule has 0 N–H and O–H groups in total. The van der Waals surface area contributed by atoms with E-state index in [1.54, 1.807) is 12.1 Å². The zero-order valence-corrected chi connectivity index (χ0v) is 17.9. The van der Waals surface area contributed by atoms with Gasteiger partial charge in [-0.05, 0) is 26.0 Å². The lowest BCUT2D eigenvalue weighted by atomic mass is 10.1. The van der Waals surface area contributed by atoms with E-state index in [1.165, 1.54) is 30.2 Å². The Kier molecular flexibility index (Phi) is 5.97. The molecule has 0 aliphatic carbocycles. The fraction of sp³-hybridized carbons (Fsp3) is 0.526. The van der Waals surface area contributed by atoms with Gasteiger partial charge in [-0.15, -0.1) is 0 Å². The molecule has 1 aromatic carbocycles. The monoisotopic (exact) mass is 408 g/mol. The summed E-state index contributed by atoms with van der Waals surface area (Å²) in [5.74, 6) is 0.915. The van der Waals surface area contributed by atoms with Crippen molar-refractivity contribution in [1.82, 2.24) is 19.0 Å². The van der Waals surface area contributed by atoms with Crippen LogP contribution >= 0.6 is 0 Å². The molecule has 2 heterocycles. The van der Waals surface area contributed by atoms with E-state index in [1.807, 2.05) is 18.7 Å². The third-order valence-electron chi connectivity index (χ3n) is 5.36. The van der Waals surface area contributed by atoms with E-state index < -0.39 is 10.0 Å². The molecule has 28 heavy (non-hydrogen) atoms. The topological polar surface area (TPSA) is 76.9 Å². The molecular weight excluding hydrogens is 380 g/mol. The minimum absolute atomic E-state index is 0.220. The van der Waals surface area contributed by atoms with Crippen molar-refractivity contribution < 1.29 is 17.9 Å². The second-order valence-electron chi connectivity index (χ2n) is 6.97. The number of sulfonamides is 1. The van der Waals surface area contributed by atoms with Gasteiger partial charge in [-0.2, -0.15) is 9.40 Å². The molecular formula is C19H28N4O4S. The predicted molar refractivity (Wildman–Crippen MR) is 106 cm³/mol. The zero-order valence-electron chi connectivity index (χ0n) is 17.1. The van der Waals surface area contributed by atoms with Crippen LogP contribution in [0.3, 0.4) is 0 Å². The van der Waals surface area contributed by atoms with Crippen molar-refractivity contribution in [3.05, 3.63) is 35.2 Å². The predicted octanol–water partition coefficient (Wildman–Crippen LogP) is 1.56. The Bertz CT molecular complexity index is 947. The first-order valence-electron chi connectivity index (χ1n) is 9.21. The second kappa shape index (κ2) is 8.10. The summed E-state index contributed by atoms with van der Waals surface area (Å²) < 4.78 is 39.9. The highest BCUT2D eigenvalue weighted by molar-refractivity contribution is 7.89. The van der Waals surface area contributed by atoms with Crippen LogP contribution in [0.25, 0.3) is 0 Å². The molecule has 0 bridgehead atoms. The third-order valence-corrected chi connectivity index (χ3v) is 7.26. The van der Waals surface area contributed by atoms with Crippen molar-refractivity contribution in [1.29, 1.82) is 0 Å². The third kappa shape index (κ3) is 3.87. The molecule has 1 aliphatic rings. The summed E-state index contributed by atoms with van der Waals surface area (Å²) in [6.45, 7) is 7.13. The van der Waals surface area contributed by atoms with Crippen LogP contribution < -0.4 is 9.47 Å². The maximum absolute atomic E-state index is 13.0. The van der Waals surface area contributed by atoms with E-state index in [2.05, 4.69) is 16.9 Å². The molecule has 1 aliphatic heterocycles. The Morgan fingerprint density at radius 2 is 1.68 bits per heavy atom. The first-order chi connectivity index (χ1) is 13.3. The average molecular weight is 409 g/mol. The summed E-state index contributed by atoms with van der Waals surface area (Å²) in [6.07, 6.45) is 0. The summed E-state index contributed by atoms with van der Waals surface area (Å²) in [6, 6.07) is 4.70. The first kappa shape index (κ1) is 20.6. The molecule has 3 rings (SSSR count). The summed E-state index contributed by atoms with van der Waals surface area (Å²) in [5, 5.41) is 4.46. The molecule has 1 aromatic heterocycles. The van der Waals surface area contributed by atoms with Gasteiger partial charge in [-0.25, -0.2) is 8.42 Å². The number of aromatic nitrogens is 2. The number of methoxy groups -OCH3 is 2. The molecule has 2 aromatic rings. The van der Waals surface area contributed by atoms with Crippen LogP contribution in [-0.2, 0) is 23.6 Å². The summed E-state index contributed by atoms with van der Waals surface area (Å²) in [5.41, 5.74) is 3.40. The van der Waals surface area contributed by atoms with Gasteiger partial charge in [0, 0.05) is 57.1 Å². The lowest BCUT2D eigenvalue weighted by Crippen LogP contribution is -2.48. The van der Waals surface area contributed by atoms with Gasteiger partial charge in [0.1, 0.15) is 0 Å². The van der Waals surface area contributed by atoms with E-state index in [-0.39, 0.29) is 4.90 Å². The molecule has 1 fully saturated rings. The van der Waals surface area contributed by atoms with Gasteiger partial charge in [0.15, 0.2) is 11.5 Å². The summed E-state index contributed by atoms with van der Waals surface area (Å²) >= 11 is 0. The van der Waals surface area contributed by atoms with Crippen LogP contribution in [0.2, 0.25) is 0 Å². The number of hydrogen-bond acceptors (Lipinski definition) is 6. The standard InChI is InChI=1S/C19H28N4O4S/c1-14-17(15(2)21(3)20-14)13-22-8-10-23(11-9-22)28(24,25)16-6-7-18(26-4)19(12-16)27-5/h6-7,12H,8-11,13H2,1-5H3. The van der Waals surface area contributed by atoms with Crippen LogP contribution in [-0.4, -0.2) is 67.8 Å². The van der Waals surface area contributed by atoms with Crippen molar-refractivity contribution in [3.8, 4) is 11.5 Å².